The van der Waals surface area contributed by atoms with Crippen molar-refractivity contribution in [3.63, 3.8) is 0 Å². The molecule has 1 heterocycles. The van der Waals surface area contributed by atoms with E-state index < -0.39 is 0 Å². The summed E-state index contributed by atoms with van der Waals surface area (Å²) in [5, 5.41) is 3.02. The van der Waals surface area contributed by atoms with Gasteiger partial charge in [-0.25, -0.2) is 4.39 Å². The lowest BCUT2D eigenvalue weighted by Gasteiger charge is -2.27. The maximum absolute atomic E-state index is 13.4. The van der Waals surface area contributed by atoms with Crippen LogP contribution in [0.15, 0.2) is 23.1 Å². The van der Waals surface area contributed by atoms with Crippen LogP contribution >= 0.6 is 27.7 Å². The van der Waals surface area contributed by atoms with E-state index in [1.54, 1.807) is 17.8 Å². The van der Waals surface area contributed by atoms with Gasteiger partial charge in [0.15, 0.2) is 0 Å². The van der Waals surface area contributed by atoms with E-state index in [4.69, 9.17) is 0 Å². The molecule has 1 amide bonds. The van der Waals surface area contributed by atoms with Crippen LogP contribution in [0.4, 0.5) is 4.39 Å². The number of hydrogen-bond acceptors (Lipinski definition) is 2. The molecular weight excluding hydrogens is 329 g/mol. The Morgan fingerprint density at radius 2 is 2.26 bits per heavy atom. The summed E-state index contributed by atoms with van der Waals surface area (Å²) in [4.78, 5) is 12.9. The highest BCUT2D eigenvalue weighted by Gasteiger charge is 2.26. The molecule has 0 spiro atoms. The van der Waals surface area contributed by atoms with Gasteiger partial charge in [-0.15, -0.1) is 11.8 Å². The first-order chi connectivity index (χ1) is 8.99. The number of alkyl halides is 1. The number of fused-ring (bicyclic) bond motifs is 1. The number of rotatable bonds is 3. The van der Waals surface area contributed by atoms with Gasteiger partial charge in [-0.1, -0.05) is 29.8 Å². The molecule has 0 saturated carbocycles. The van der Waals surface area contributed by atoms with E-state index in [2.05, 4.69) is 21.2 Å². The fourth-order valence-electron chi connectivity index (χ4n) is 2.07. The van der Waals surface area contributed by atoms with Crippen molar-refractivity contribution < 1.29 is 9.18 Å². The van der Waals surface area contributed by atoms with Gasteiger partial charge in [-0.3, -0.25) is 4.79 Å². The molecule has 2 nitrogen and oxygen atoms in total. The van der Waals surface area contributed by atoms with E-state index in [1.165, 1.54) is 12.1 Å². The number of hydrogen-bond donors (Lipinski definition) is 1. The summed E-state index contributed by atoms with van der Waals surface area (Å²) < 4.78 is 13.4. The normalized spacial score (nSPS) is 19.9. The fraction of sp³-hybridized carbons (Fsp3) is 0.500. The Hall–Kier alpha value is -0.550. The first-order valence-electron chi connectivity index (χ1n) is 6.35. The molecule has 0 bridgehead atoms. The average Bonchev–Trinajstić information content (AvgIpc) is 2.38. The van der Waals surface area contributed by atoms with Gasteiger partial charge in [-0.05, 0) is 36.1 Å². The van der Waals surface area contributed by atoms with Crippen LogP contribution in [0.2, 0.25) is 0 Å². The van der Waals surface area contributed by atoms with Gasteiger partial charge in [0.25, 0.3) is 0 Å². The predicted molar refractivity (Wildman–Crippen MR) is 80.2 cm³/mol. The molecule has 1 aliphatic rings. The van der Waals surface area contributed by atoms with E-state index in [0.717, 1.165) is 22.6 Å². The second-order valence-electron chi connectivity index (χ2n) is 5.03. The van der Waals surface area contributed by atoms with Gasteiger partial charge in [0.2, 0.25) is 5.91 Å². The van der Waals surface area contributed by atoms with Crippen molar-refractivity contribution in [3.8, 4) is 0 Å². The number of nitrogens with one attached hydrogen (secondary N) is 1. The Bertz CT molecular complexity index is 481. The molecule has 0 fully saturated rings. The molecule has 19 heavy (non-hydrogen) atoms. The van der Waals surface area contributed by atoms with Crippen LogP contribution < -0.4 is 5.32 Å². The monoisotopic (exact) mass is 345 g/mol. The van der Waals surface area contributed by atoms with Crippen LogP contribution in [-0.2, 0) is 4.79 Å². The summed E-state index contributed by atoms with van der Waals surface area (Å²) in [5.41, 5.74) is 0.896. The summed E-state index contributed by atoms with van der Waals surface area (Å²) in [6, 6.07) is 4.71. The maximum Gasteiger partial charge on any atom is 0.234 e. The molecule has 1 aromatic carbocycles. The van der Waals surface area contributed by atoms with E-state index in [1.807, 2.05) is 13.8 Å². The lowest BCUT2D eigenvalue weighted by molar-refractivity contribution is -0.121. The number of carbonyl (C=O) groups excluding carboxylic acids is 1. The van der Waals surface area contributed by atoms with Crippen molar-refractivity contribution in [1.29, 1.82) is 0 Å². The smallest absolute Gasteiger partial charge is 0.234 e. The number of thioether (sulfide) groups is 1. The van der Waals surface area contributed by atoms with E-state index in [9.17, 15) is 9.18 Å². The molecule has 1 aromatic rings. The lowest BCUT2D eigenvalue weighted by Crippen LogP contribution is -2.37. The quantitative estimate of drug-likeness (QED) is 0.841. The van der Waals surface area contributed by atoms with E-state index >= 15 is 0 Å². The van der Waals surface area contributed by atoms with Crippen molar-refractivity contribution in [1.82, 2.24) is 5.32 Å². The summed E-state index contributed by atoms with van der Waals surface area (Å²) in [6.45, 7) is 3.98. The minimum atomic E-state index is -0.250. The molecule has 0 aromatic heterocycles. The minimum Gasteiger partial charge on any atom is -0.348 e. The minimum absolute atomic E-state index is 0.0258. The zero-order valence-electron chi connectivity index (χ0n) is 11.0. The Balaban J connectivity index is 2.15. The third-order valence-electron chi connectivity index (χ3n) is 3.16. The number of benzene rings is 1. The molecule has 5 heteroatoms. The Morgan fingerprint density at radius 3 is 2.95 bits per heavy atom. The molecule has 2 unspecified atom stereocenters. The van der Waals surface area contributed by atoms with Crippen molar-refractivity contribution in [2.45, 2.75) is 36.0 Å². The molecule has 1 aliphatic heterocycles. The SMILES string of the molecule is CC(C)C(Br)C(=O)NC1CCSc2ccc(F)cc21. The third-order valence-corrected chi connectivity index (χ3v) is 5.76. The van der Waals surface area contributed by atoms with Gasteiger partial charge in [0.1, 0.15) is 5.82 Å². The summed E-state index contributed by atoms with van der Waals surface area (Å²) in [5.74, 6) is 0.893. The molecule has 104 valence electrons. The fourth-order valence-corrected chi connectivity index (χ4v) is 3.31. The number of halogens is 2. The molecule has 0 radical (unpaired) electrons. The standard InChI is InChI=1S/C14H17BrFNOS/c1-8(2)13(15)14(18)17-11-5-6-19-12-4-3-9(16)7-10(11)12/h3-4,7-8,11,13H,5-6H2,1-2H3,(H,17,18). The van der Waals surface area contributed by atoms with Crippen LogP contribution in [0.3, 0.4) is 0 Å². The summed E-state index contributed by atoms with van der Waals surface area (Å²) in [7, 11) is 0. The molecule has 0 aliphatic carbocycles. The zero-order valence-corrected chi connectivity index (χ0v) is 13.4. The van der Waals surface area contributed by atoms with Crippen LogP contribution in [0.1, 0.15) is 31.9 Å². The molecule has 1 N–H and O–H groups in total. The third kappa shape index (κ3) is 3.51. The van der Waals surface area contributed by atoms with E-state index in [0.29, 0.717) is 0 Å². The summed E-state index contributed by atoms with van der Waals surface area (Å²) >= 11 is 5.11. The second-order valence-corrected chi connectivity index (χ2v) is 7.15. The average molecular weight is 346 g/mol. The molecule has 0 saturated heterocycles. The van der Waals surface area contributed by atoms with Crippen LogP contribution in [0.25, 0.3) is 0 Å². The van der Waals surface area contributed by atoms with Crippen LogP contribution in [0.5, 0.6) is 0 Å². The van der Waals surface area contributed by atoms with Gasteiger partial charge in [-0.2, -0.15) is 0 Å². The van der Waals surface area contributed by atoms with E-state index in [-0.39, 0.29) is 28.5 Å². The van der Waals surface area contributed by atoms with Gasteiger partial charge in [0.05, 0.1) is 10.9 Å². The van der Waals surface area contributed by atoms with Crippen molar-refractivity contribution in [3.05, 3.63) is 29.6 Å². The highest BCUT2D eigenvalue weighted by Crippen LogP contribution is 2.36. The lowest BCUT2D eigenvalue weighted by atomic mass is 10.0. The highest BCUT2D eigenvalue weighted by molar-refractivity contribution is 9.10. The van der Waals surface area contributed by atoms with Gasteiger partial charge < -0.3 is 5.32 Å². The van der Waals surface area contributed by atoms with Crippen LogP contribution in [0, 0.1) is 11.7 Å². The Kier molecular flexibility index (Phi) is 4.90. The van der Waals surface area contributed by atoms with Crippen molar-refractivity contribution >= 4 is 33.6 Å². The molecular formula is C14H17BrFNOS. The van der Waals surface area contributed by atoms with Crippen molar-refractivity contribution in [2.24, 2.45) is 5.92 Å². The largest absolute Gasteiger partial charge is 0.348 e. The second kappa shape index (κ2) is 6.27. The topological polar surface area (TPSA) is 29.1 Å². The number of carbonyl (C=O) groups is 1. The predicted octanol–water partition coefficient (Wildman–Crippen LogP) is 3.90. The van der Waals surface area contributed by atoms with Crippen molar-refractivity contribution in [2.75, 3.05) is 5.75 Å². The first kappa shape index (κ1) is 14.9. The molecule has 2 atom stereocenters. The Labute approximate surface area is 125 Å². The maximum atomic E-state index is 13.4. The highest BCUT2D eigenvalue weighted by atomic mass is 79.9. The van der Waals surface area contributed by atoms with Crippen LogP contribution in [-0.4, -0.2) is 16.5 Å². The van der Waals surface area contributed by atoms with Gasteiger partial charge >= 0.3 is 0 Å². The molecule has 2 rings (SSSR count). The summed E-state index contributed by atoms with van der Waals surface area (Å²) in [6.07, 6.45) is 0.838. The Morgan fingerprint density at radius 1 is 1.53 bits per heavy atom. The first-order valence-corrected chi connectivity index (χ1v) is 8.26. The zero-order chi connectivity index (χ0) is 14.0. The van der Waals surface area contributed by atoms with Gasteiger partial charge in [0, 0.05) is 10.6 Å². The number of amides is 1.